The van der Waals surface area contributed by atoms with Gasteiger partial charge >= 0.3 is 0 Å². The SMILES string of the molecule is CCc1cnc(C(C)NCC(C)C#N)s1. The van der Waals surface area contributed by atoms with Crippen molar-refractivity contribution in [1.82, 2.24) is 10.3 Å². The molecule has 0 bridgehead atoms. The molecule has 3 nitrogen and oxygen atoms in total. The van der Waals surface area contributed by atoms with Crippen molar-refractivity contribution in [2.24, 2.45) is 5.92 Å². The summed E-state index contributed by atoms with van der Waals surface area (Å²) in [5, 5.41) is 13.1. The molecule has 1 heterocycles. The van der Waals surface area contributed by atoms with E-state index < -0.39 is 0 Å². The summed E-state index contributed by atoms with van der Waals surface area (Å²) in [5.41, 5.74) is 0. The largest absolute Gasteiger partial charge is 0.307 e. The minimum atomic E-state index is 0.0538. The summed E-state index contributed by atoms with van der Waals surface area (Å²) in [6.07, 6.45) is 2.98. The van der Waals surface area contributed by atoms with E-state index in [9.17, 15) is 0 Å². The van der Waals surface area contributed by atoms with Gasteiger partial charge in [-0.05, 0) is 20.3 Å². The van der Waals surface area contributed by atoms with Crippen LogP contribution in [0.5, 0.6) is 0 Å². The second-order valence-electron chi connectivity index (χ2n) is 3.68. The molecule has 0 aromatic carbocycles. The summed E-state index contributed by atoms with van der Waals surface area (Å²) in [7, 11) is 0. The van der Waals surface area contributed by atoms with Crippen LogP contribution in [0.3, 0.4) is 0 Å². The molecule has 1 rings (SSSR count). The molecule has 0 fully saturated rings. The lowest BCUT2D eigenvalue weighted by atomic mass is 10.2. The van der Waals surface area contributed by atoms with E-state index in [0.29, 0.717) is 0 Å². The molecule has 0 amide bonds. The molecule has 1 aromatic rings. The highest BCUT2D eigenvalue weighted by Crippen LogP contribution is 2.20. The van der Waals surface area contributed by atoms with Crippen LogP contribution >= 0.6 is 11.3 Å². The highest BCUT2D eigenvalue weighted by atomic mass is 32.1. The fraction of sp³-hybridized carbons (Fsp3) is 0.636. The number of aromatic nitrogens is 1. The topological polar surface area (TPSA) is 48.7 Å². The maximum Gasteiger partial charge on any atom is 0.109 e. The van der Waals surface area contributed by atoms with Gasteiger partial charge in [-0.2, -0.15) is 5.26 Å². The van der Waals surface area contributed by atoms with Crippen molar-refractivity contribution in [3.63, 3.8) is 0 Å². The predicted molar refractivity (Wildman–Crippen MR) is 62.7 cm³/mol. The fourth-order valence-corrected chi connectivity index (χ4v) is 2.06. The lowest BCUT2D eigenvalue weighted by molar-refractivity contribution is 0.526. The van der Waals surface area contributed by atoms with E-state index in [0.717, 1.165) is 18.0 Å². The van der Waals surface area contributed by atoms with Crippen LogP contribution < -0.4 is 5.32 Å². The third kappa shape index (κ3) is 3.61. The van der Waals surface area contributed by atoms with Crippen LogP contribution in [-0.4, -0.2) is 11.5 Å². The molecule has 0 aliphatic heterocycles. The first-order chi connectivity index (χ1) is 7.17. The molecule has 0 saturated carbocycles. The Morgan fingerprint density at radius 3 is 2.87 bits per heavy atom. The summed E-state index contributed by atoms with van der Waals surface area (Å²) < 4.78 is 0. The van der Waals surface area contributed by atoms with Gasteiger partial charge in [0.05, 0.1) is 18.0 Å². The monoisotopic (exact) mass is 223 g/mol. The maximum atomic E-state index is 8.66. The molecule has 1 aromatic heterocycles. The first kappa shape index (κ1) is 12.2. The molecular weight excluding hydrogens is 206 g/mol. The molecule has 0 saturated heterocycles. The zero-order chi connectivity index (χ0) is 11.3. The van der Waals surface area contributed by atoms with E-state index in [4.69, 9.17) is 5.26 Å². The quantitative estimate of drug-likeness (QED) is 0.834. The number of rotatable bonds is 5. The van der Waals surface area contributed by atoms with Crippen molar-refractivity contribution in [3.05, 3.63) is 16.1 Å². The molecular formula is C11H17N3S. The van der Waals surface area contributed by atoms with Gasteiger partial charge < -0.3 is 5.32 Å². The second kappa shape index (κ2) is 5.84. The highest BCUT2D eigenvalue weighted by molar-refractivity contribution is 7.11. The summed E-state index contributed by atoms with van der Waals surface area (Å²) in [4.78, 5) is 5.68. The fourth-order valence-electron chi connectivity index (χ4n) is 1.17. The van der Waals surface area contributed by atoms with Crippen LogP contribution in [0.25, 0.3) is 0 Å². The zero-order valence-electron chi connectivity index (χ0n) is 9.45. The van der Waals surface area contributed by atoms with Gasteiger partial charge in [-0.25, -0.2) is 4.98 Å². The van der Waals surface area contributed by atoms with Gasteiger partial charge in [0.25, 0.3) is 0 Å². The average molecular weight is 223 g/mol. The van der Waals surface area contributed by atoms with E-state index in [-0.39, 0.29) is 12.0 Å². The third-order valence-corrected chi connectivity index (χ3v) is 3.57. The lowest BCUT2D eigenvalue weighted by Gasteiger charge is -2.11. The molecule has 82 valence electrons. The number of aryl methyl sites for hydroxylation is 1. The van der Waals surface area contributed by atoms with Crippen LogP contribution in [0.1, 0.15) is 36.7 Å². The molecule has 2 unspecified atom stereocenters. The first-order valence-electron chi connectivity index (χ1n) is 5.25. The average Bonchev–Trinajstić information content (AvgIpc) is 2.73. The van der Waals surface area contributed by atoms with Gasteiger partial charge in [0.15, 0.2) is 0 Å². The third-order valence-electron chi connectivity index (χ3n) is 2.24. The normalized spacial score (nSPS) is 14.5. The smallest absolute Gasteiger partial charge is 0.109 e. The summed E-state index contributed by atoms with van der Waals surface area (Å²) >= 11 is 1.74. The standard InChI is InChI=1S/C11H17N3S/c1-4-10-7-14-11(15-10)9(3)13-6-8(2)5-12/h7-9,13H,4,6H2,1-3H3. The van der Waals surface area contributed by atoms with E-state index >= 15 is 0 Å². The number of nitrogens with zero attached hydrogens (tertiary/aromatic N) is 2. The molecule has 0 aliphatic rings. The van der Waals surface area contributed by atoms with Crippen LogP contribution in [0.4, 0.5) is 0 Å². The van der Waals surface area contributed by atoms with E-state index in [2.05, 4.69) is 30.2 Å². The molecule has 0 radical (unpaired) electrons. The second-order valence-corrected chi connectivity index (χ2v) is 4.83. The number of nitriles is 1. The van der Waals surface area contributed by atoms with Crippen LogP contribution in [0, 0.1) is 17.2 Å². The molecule has 0 spiro atoms. The first-order valence-corrected chi connectivity index (χ1v) is 6.06. The van der Waals surface area contributed by atoms with Crippen LogP contribution in [0.2, 0.25) is 0 Å². The summed E-state index contributed by atoms with van der Waals surface area (Å²) in [5.74, 6) is 0.0538. The number of thiazole rings is 1. The minimum absolute atomic E-state index is 0.0538. The number of hydrogen-bond donors (Lipinski definition) is 1. The van der Waals surface area contributed by atoms with E-state index in [1.165, 1.54) is 4.88 Å². The van der Waals surface area contributed by atoms with Crippen LogP contribution in [0.15, 0.2) is 6.20 Å². The Hall–Kier alpha value is -0.920. The van der Waals surface area contributed by atoms with Gasteiger partial charge in [-0.15, -0.1) is 11.3 Å². The lowest BCUT2D eigenvalue weighted by Crippen LogP contribution is -2.23. The summed E-state index contributed by atoms with van der Waals surface area (Å²) in [6.45, 7) is 6.85. The van der Waals surface area contributed by atoms with E-state index in [1.807, 2.05) is 13.1 Å². The van der Waals surface area contributed by atoms with Gasteiger partial charge in [0, 0.05) is 17.6 Å². The Morgan fingerprint density at radius 2 is 2.33 bits per heavy atom. The Morgan fingerprint density at radius 1 is 1.60 bits per heavy atom. The van der Waals surface area contributed by atoms with Gasteiger partial charge in [-0.3, -0.25) is 0 Å². The zero-order valence-corrected chi connectivity index (χ0v) is 10.3. The molecule has 0 aliphatic carbocycles. The maximum absolute atomic E-state index is 8.66. The molecule has 1 N–H and O–H groups in total. The Balaban J connectivity index is 2.47. The number of hydrogen-bond acceptors (Lipinski definition) is 4. The van der Waals surface area contributed by atoms with Crippen molar-refractivity contribution in [3.8, 4) is 6.07 Å². The van der Waals surface area contributed by atoms with Crippen molar-refractivity contribution in [1.29, 1.82) is 5.26 Å². The van der Waals surface area contributed by atoms with Gasteiger partial charge in [0.1, 0.15) is 5.01 Å². The van der Waals surface area contributed by atoms with Crippen molar-refractivity contribution >= 4 is 11.3 Å². The van der Waals surface area contributed by atoms with Crippen LogP contribution in [-0.2, 0) is 6.42 Å². The van der Waals surface area contributed by atoms with E-state index in [1.54, 1.807) is 11.3 Å². The predicted octanol–water partition coefficient (Wildman–Crippen LogP) is 2.52. The molecule has 4 heteroatoms. The van der Waals surface area contributed by atoms with Crippen molar-refractivity contribution in [2.75, 3.05) is 6.54 Å². The van der Waals surface area contributed by atoms with Gasteiger partial charge in [-0.1, -0.05) is 6.92 Å². The van der Waals surface area contributed by atoms with Gasteiger partial charge in [0.2, 0.25) is 0 Å². The van der Waals surface area contributed by atoms with Crippen molar-refractivity contribution in [2.45, 2.75) is 33.2 Å². The number of nitrogens with one attached hydrogen (secondary N) is 1. The van der Waals surface area contributed by atoms with Crippen molar-refractivity contribution < 1.29 is 0 Å². The molecule has 15 heavy (non-hydrogen) atoms. The Kier molecular flexibility index (Phi) is 4.73. The molecule has 2 atom stereocenters. The Bertz CT molecular complexity index is 340. The minimum Gasteiger partial charge on any atom is -0.307 e. The summed E-state index contributed by atoms with van der Waals surface area (Å²) in [6, 6.07) is 2.45. The highest BCUT2D eigenvalue weighted by Gasteiger charge is 2.10. The Labute approximate surface area is 95.2 Å².